The van der Waals surface area contributed by atoms with Crippen LogP contribution < -0.4 is 5.32 Å². The average Bonchev–Trinajstić information content (AvgIpc) is 3.29. The number of H-pyrrole nitrogens is 1. The molecule has 3 N–H and O–H groups in total. The van der Waals surface area contributed by atoms with E-state index in [4.69, 9.17) is 5.26 Å². The molecule has 0 radical (unpaired) electrons. The van der Waals surface area contributed by atoms with E-state index in [1.807, 2.05) is 24.3 Å². The first-order valence-electron chi connectivity index (χ1n) is 8.74. The van der Waals surface area contributed by atoms with Crippen molar-refractivity contribution in [3.8, 4) is 6.07 Å². The van der Waals surface area contributed by atoms with E-state index < -0.39 is 6.23 Å². The van der Waals surface area contributed by atoms with Gasteiger partial charge < -0.3 is 10.1 Å². The van der Waals surface area contributed by atoms with Crippen molar-refractivity contribution in [2.45, 2.75) is 37.5 Å². The van der Waals surface area contributed by atoms with E-state index in [9.17, 15) is 5.11 Å². The van der Waals surface area contributed by atoms with Crippen molar-refractivity contribution < 1.29 is 5.11 Å². The molecule has 0 amide bonds. The molecular weight excluding hydrogens is 310 g/mol. The van der Waals surface area contributed by atoms with E-state index in [2.05, 4.69) is 40.6 Å². The second kappa shape index (κ2) is 6.36. The zero-order valence-corrected chi connectivity index (χ0v) is 14.0. The van der Waals surface area contributed by atoms with Gasteiger partial charge in [-0.1, -0.05) is 43.2 Å². The minimum atomic E-state index is -0.781. The van der Waals surface area contributed by atoms with Crippen molar-refractivity contribution in [2.75, 3.05) is 0 Å². The van der Waals surface area contributed by atoms with Gasteiger partial charge in [0.05, 0.1) is 17.3 Å². The van der Waals surface area contributed by atoms with Crippen LogP contribution in [0.15, 0.2) is 54.6 Å². The summed E-state index contributed by atoms with van der Waals surface area (Å²) in [6.45, 7) is 0. The molecule has 1 saturated carbocycles. The van der Waals surface area contributed by atoms with Gasteiger partial charge in [0.1, 0.15) is 6.23 Å². The van der Waals surface area contributed by atoms with Crippen LogP contribution in [0.1, 0.15) is 48.7 Å². The number of hydrogen-bond acceptors (Lipinski definition) is 3. The number of aliphatic hydroxyl groups excluding tert-OH is 1. The summed E-state index contributed by atoms with van der Waals surface area (Å²) in [4.78, 5) is 3.27. The molecule has 25 heavy (non-hydrogen) atoms. The molecule has 0 spiro atoms. The highest BCUT2D eigenvalue weighted by Crippen LogP contribution is 2.40. The summed E-state index contributed by atoms with van der Waals surface area (Å²) in [6.07, 6.45) is 3.58. The van der Waals surface area contributed by atoms with Crippen LogP contribution >= 0.6 is 0 Å². The lowest BCUT2D eigenvalue weighted by Crippen LogP contribution is -2.42. The topological polar surface area (TPSA) is 71.8 Å². The smallest absolute Gasteiger partial charge is 0.146 e. The predicted octanol–water partition coefficient (Wildman–Crippen LogP) is 4.09. The number of aromatic amines is 1. The Bertz CT molecular complexity index is 917. The first kappa shape index (κ1) is 15.9. The molecule has 1 aliphatic carbocycles. The monoisotopic (exact) mass is 331 g/mol. The molecule has 4 heteroatoms. The van der Waals surface area contributed by atoms with Crippen LogP contribution in [-0.4, -0.2) is 10.1 Å². The molecule has 2 aromatic carbocycles. The first-order chi connectivity index (χ1) is 12.2. The van der Waals surface area contributed by atoms with E-state index >= 15 is 0 Å². The van der Waals surface area contributed by atoms with E-state index in [0.29, 0.717) is 5.56 Å². The number of fused-ring (bicyclic) bond motifs is 1. The number of aromatic nitrogens is 1. The summed E-state index contributed by atoms with van der Waals surface area (Å²) in [5.41, 5.74) is 3.32. The minimum Gasteiger partial charge on any atom is -0.373 e. The molecular formula is C21H21N3O. The van der Waals surface area contributed by atoms with Gasteiger partial charge in [-0.05, 0) is 42.7 Å². The molecule has 3 aromatic rings. The summed E-state index contributed by atoms with van der Waals surface area (Å²) in [5, 5.41) is 24.3. The van der Waals surface area contributed by atoms with Gasteiger partial charge in [-0.3, -0.25) is 5.32 Å². The SMILES string of the molecule is N#Cc1ccc2[nH]c(C(O)NC3(c4ccccc4)CCCC3)cc2c1. The lowest BCUT2D eigenvalue weighted by Gasteiger charge is -2.33. The molecule has 4 rings (SSSR count). The van der Waals surface area contributed by atoms with Crippen molar-refractivity contribution in [2.24, 2.45) is 0 Å². The quantitative estimate of drug-likeness (QED) is 0.631. The van der Waals surface area contributed by atoms with Crippen LogP contribution in [0.5, 0.6) is 0 Å². The van der Waals surface area contributed by atoms with E-state index in [1.165, 1.54) is 5.56 Å². The second-order valence-corrected chi connectivity index (χ2v) is 6.84. The molecule has 1 aromatic heterocycles. The summed E-state index contributed by atoms with van der Waals surface area (Å²) in [6, 6.07) is 20.0. The summed E-state index contributed by atoms with van der Waals surface area (Å²) in [7, 11) is 0. The fraction of sp³-hybridized carbons (Fsp3) is 0.286. The lowest BCUT2D eigenvalue weighted by atomic mass is 9.88. The number of rotatable bonds is 4. The molecule has 0 bridgehead atoms. The van der Waals surface area contributed by atoms with Gasteiger partial charge in [-0.25, -0.2) is 0 Å². The highest BCUT2D eigenvalue weighted by Gasteiger charge is 2.37. The van der Waals surface area contributed by atoms with Crippen molar-refractivity contribution in [1.82, 2.24) is 10.3 Å². The number of nitrogens with zero attached hydrogens (tertiary/aromatic N) is 1. The van der Waals surface area contributed by atoms with Gasteiger partial charge in [-0.2, -0.15) is 5.26 Å². The first-order valence-corrected chi connectivity index (χ1v) is 8.74. The maximum atomic E-state index is 10.8. The molecule has 1 atom stereocenters. The fourth-order valence-electron chi connectivity index (χ4n) is 3.96. The Morgan fingerprint density at radius 3 is 2.56 bits per heavy atom. The maximum absolute atomic E-state index is 10.8. The van der Waals surface area contributed by atoms with E-state index in [1.54, 1.807) is 6.07 Å². The highest BCUT2D eigenvalue weighted by molar-refractivity contribution is 5.81. The fourth-order valence-corrected chi connectivity index (χ4v) is 3.96. The van der Waals surface area contributed by atoms with Gasteiger partial charge in [0, 0.05) is 16.4 Å². The Balaban J connectivity index is 1.64. The Morgan fingerprint density at radius 2 is 1.84 bits per heavy atom. The zero-order valence-electron chi connectivity index (χ0n) is 14.0. The third-order valence-corrected chi connectivity index (χ3v) is 5.26. The van der Waals surface area contributed by atoms with Crippen molar-refractivity contribution in [3.63, 3.8) is 0 Å². The van der Waals surface area contributed by atoms with Crippen LogP contribution in [-0.2, 0) is 5.54 Å². The third kappa shape index (κ3) is 2.93. The standard InChI is InChI=1S/C21H21N3O/c22-14-15-8-9-18-16(12-15)13-19(23-18)20(25)24-21(10-4-5-11-21)17-6-2-1-3-7-17/h1-3,6-9,12-13,20,23-25H,4-5,10-11H2. The number of nitriles is 1. The Morgan fingerprint density at radius 1 is 1.08 bits per heavy atom. The normalized spacial score (nSPS) is 17.4. The van der Waals surface area contributed by atoms with Crippen LogP contribution in [0.3, 0.4) is 0 Å². The van der Waals surface area contributed by atoms with Crippen molar-refractivity contribution in [1.29, 1.82) is 5.26 Å². The third-order valence-electron chi connectivity index (χ3n) is 5.26. The van der Waals surface area contributed by atoms with Crippen molar-refractivity contribution >= 4 is 10.9 Å². The van der Waals surface area contributed by atoms with E-state index in [0.717, 1.165) is 42.3 Å². The highest BCUT2D eigenvalue weighted by atomic mass is 16.3. The lowest BCUT2D eigenvalue weighted by molar-refractivity contribution is 0.0872. The molecule has 1 unspecified atom stereocenters. The number of aliphatic hydroxyl groups is 1. The summed E-state index contributed by atoms with van der Waals surface area (Å²) in [5.74, 6) is 0. The van der Waals surface area contributed by atoms with Gasteiger partial charge in [-0.15, -0.1) is 0 Å². The van der Waals surface area contributed by atoms with Gasteiger partial charge >= 0.3 is 0 Å². The van der Waals surface area contributed by atoms with Crippen LogP contribution in [0.4, 0.5) is 0 Å². The molecule has 1 aliphatic rings. The van der Waals surface area contributed by atoms with Crippen LogP contribution in [0.25, 0.3) is 10.9 Å². The van der Waals surface area contributed by atoms with Crippen LogP contribution in [0.2, 0.25) is 0 Å². The molecule has 4 nitrogen and oxygen atoms in total. The van der Waals surface area contributed by atoms with Gasteiger partial charge in [0.25, 0.3) is 0 Å². The number of benzene rings is 2. The van der Waals surface area contributed by atoms with E-state index in [-0.39, 0.29) is 5.54 Å². The minimum absolute atomic E-state index is 0.185. The number of hydrogen-bond donors (Lipinski definition) is 3. The zero-order chi connectivity index (χ0) is 17.3. The molecule has 0 aliphatic heterocycles. The average molecular weight is 331 g/mol. The molecule has 1 fully saturated rings. The second-order valence-electron chi connectivity index (χ2n) is 6.84. The summed E-state index contributed by atoms with van der Waals surface area (Å²) < 4.78 is 0. The van der Waals surface area contributed by atoms with Crippen molar-refractivity contribution in [3.05, 3.63) is 71.4 Å². The van der Waals surface area contributed by atoms with Gasteiger partial charge in [0.15, 0.2) is 0 Å². The number of nitrogens with one attached hydrogen (secondary N) is 2. The Labute approximate surface area is 147 Å². The van der Waals surface area contributed by atoms with Crippen LogP contribution in [0, 0.1) is 11.3 Å². The summed E-state index contributed by atoms with van der Waals surface area (Å²) >= 11 is 0. The maximum Gasteiger partial charge on any atom is 0.146 e. The molecule has 0 saturated heterocycles. The Kier molecular flexibility index (Phi) is 4.04. The largest absolute Gasteiger partial charge is 0.373 e. The van der Waals surface area contributed by atoms with Gasteiger partial charge in [0.2, 0.25) is 0 Å². The predicted molar refractivity (Wildman–Crippen MR) is 97.7 cm³/mol. The Hall–Kier alpha value is -2.61. The molecule has 1 heterocycles. The molecule has 126 valence electrons.